The van der Waals surface area contributed by atoms with Gasteiger partial charge in [0.1, 0.15) is 12.2 Å². The second-order valence-electron chi connectivity index (χ2n) is 3.89. The highest BCUT2D eigenvalue weighted by molar-refractivity contribution is 5.68. The van der Waals surface area contributed by atoms with Crippen LogP contribution in [0.5, 0.6) is 0 Å². The van der Waals surface area contributed by atoms with Crippen molar-refractivity contribution in [1.29, 1.82) is 0 Å². The van der Waals surface area contributed by atoms with Crippen LogP contribution in [-0.4, -0.2) is 33.6 Å². The molecule has 0 radical (unpaired) electrons. The lowest BCUT2D eigenvalue weighted by molar-refractivity contribution is -0.136. The molecule has 6 nitrogen and oxygen atoms in total. The molecule has 86 valence electrons. The first-order valence-corrected chi connectivity index (χ1v) is 5.19. The highest BCUT2D eigenvalue weighted by Gasteiger charge is 2.25. The van der Waals surface area contributed by atoms with E-state index in [-0.39, 0.29) is 18.4 Å². The van der Waals surface area contributed by atoms with Crippen molar-refractivity contribution in [2.45, 2.75) is 25.3 Å². The fraction of sp³-hybridized carbons (Fsp3) is 0.500. The SMILES string of the molecule is CC1NNCC1c1ccnc(CC(=O)O)n1. The lowest BCUT2D eigenvalue weighted by atomic mass is 9.99. The third kappa shape index (κ3) is 2.34. The molecule has 2 atom stereocenters. The van der Waals surface area contributed by atoms with Crippen LogP contribution in [0.1, 0.15) is 24.4 Å². The molecule has 1 fully saturated rings. The van der Waals surface area contributed by atoms with Crippen LogP contribution in [0.25, 0.3) is 0 Å². The fourth-order valence-electron chi connectivity index (χ4n) is 1.81. The number of hydrazine groups is 1. The van der Waals surface area contributed by atoms with Gasteiger partial charge in [0.2, 0.25) is 0 Å². The Morgan fingerprint density at radius 1 is 1.69 bits per heavy atom. The molecule has 16 heavy (non-hydrogen) atoms. The van der Waals surface area contributed by atoms with E-state index >= 15 is 0 Å². The summed E-state index contributed by atoms with van der Waals surface area (Å²) in [6.07, 6.45) is 1.49. The monoisotopic (exact) mass is 222 g/mol. The van der Waals surface area contributed by atoms with Crippen LogP contribution in [0, 0.1) is 0 Å². The molecule has 0 amide bonds. The van der Waals surface area contributed by atoms with Crippen LogP contribution in [0.3, 0.4) is 0 Å². The predicted octanol–water partition coefficient (Wildman–Crippen LogP) is -0.316. The summed E-state index contributed by atoms with van der Waals surface area (Å²) < 4.78 is 0. The standard InChI is InChI=1S/C10H14N4O2/c1-6-7(5-12-14-6)8-2-3-11-9(13-8)4-10(15)16/h2-3,6-7,12,14H,4-5H2,1H3,(H,15,16). The second kappa shape index (κ2) is 4.54. The number of aliphatic carboxylic acids is 1. The van der Waals surface area contributed by atoms with E-state index in [1.807, 2.05) is 6.07 Å². The van der Waals surface area contributed by atoms with E-state index in [4.69, 9.17) is 5.11 Å². The Balaban J connectivity index is 2.18. The summed E-state index contributed by atoms with van der Waals surface area (Å²) in [5, 5.41) is 8.67. The molecular weight excluding hydrogens is 208 g/mol. The van der Waals surface area contributed by atoms with Gasteiger partial charge in [-0.3, -0.25) is 15.6 Å². The van der Waals surface area contributed by atoms with Gasteiger partial charge in [0, 0.05) is 24.7 Å². The Morgan fingerprint density at radius 3 is 3.12 bits per heavy atom. The Labute approximate surface area is 93.1 Å². The van der Waals surface area contributed by atoms with Crippen molar-refractivity contribution in [1.82, 2.24) is 20.8 Å². The zero-order valence-electron chi connectivity index (χ0n) is 8.97. The van der Waals surface area contributed by atoms with E-state index in [0.29, 0.717) is 5.82 Å². The first kappa shape index (κ1) is 11.0. The molecule has 0 saturated carbocycles. The largest absolute Gasteiger partial charge is 0.481 e. The number of nitrogens with one attached hydrogen (secondary N) is 2. The minimum atomic E-state index is -0.909. The van der Waals surface area contributed by atoms with Crippen LogP contribution < -0.4 is 10.9 Å². The van der Waals surface area contributed by atoms with E-state index in [1.54, 1.807) is 6.20 Å². The number of nitrogens with zero attached hydrogens (tertiary/aromatic N) is 2. The molecule has 2 rings (SSSR count). The molecule has 0 aliphatic carbocycles. The quantitative estimate of drug-likeness (QED) is 0.650. The average molecular weight is 222 g/mol. The number of carboxylic acids is 1. The highest BCUT2D eigenvalue weighted by atomic mass is 16.4. The second-order valence-corrected chi connectivity index (χ2v) is 3.89. The van der Waals surface area contributed by atoms with Crippen LogP contribution in [-0.2, 0) is 11.2 Å². The summed E-state index contributed by atoms with van der Waals surface area (Å²) >= 11 is 0. The van der Waals surface area contributed by atoms with Crippen molar-refractivity contribution in [3.05, 3.63) is 23.8 Å². The summed E-state index contributed by atoms with van der Waals surface area (Å²) in [5.74, 6) is -0.285. The van der Waals surface area contributed by atoms with E-state index in [1.165, 1.54) is 0 Å². The van der Waals surface area contributed by atoms with Gasteiger partial charge in [-0.1, -0.05) is 0 Å². The Hall–Kier alpha value is -1.53. The summed E-state index contributed by atoms with van der Waals surface area (Å²) in [5.41, 5.74) is 7.04. The Kier molecular flexibility index (Phi) is 3.12. The third-order valence-corrected chi connectivity index (χ3v) is 2.67. The smallest absolute Gasteiger partial charge is 0.311 e. The molecule has 2 unspecified atom stereocenters. The van der Waals surface area contributed by atoms with Crippen molar-refractivity contribution in [3.8, 4) is 0 Å². The molecule has 0 aromatic carbocycles. The first-order valence-electron chi connectivity index (χ1n) is 5.19. The van der Waals surface area contributed by atoms with Gasteiger partial charge >= 0.3 is 5.97 Å². The zero-order valence-corrected chi connectivity index (χ0v) is 8.97. The fourth-order valence-corrected chi connectivity index (χ4v) is 1.81. The van der Waals surface area contributed by atoms with Crippen LogP contribution in [0.2, 0.25) is 0 Å². The summed E-state index contributed by atoms with van der Waals surface area (Å²) in [4.78, 5) is 18.8. The number of carbonyl (C=O) groups is 1. The molecule has 0 spiro atoms. The number of hydrogen-bond donors (Lipinski definition) is 3. The minimum absolute atomic E-state index is 0.129. The molecule has 6 heteroatoms. The van der Waals surface area contributed by atoms with E-state index < -0.39 is 5.97 Å². The van der Waals surface area contributed by atoms with Crippen LogP contribution in [0.4, 0.5) is 0 Å². The lowest BCUT2D eigenvalue weighted by Crippen LogP contribution is -2.28. The van der Waals surface area contributed by atoms with Gasteiger partial charge in [-0.05, 0) is 13.0 Å². The number of hydrogen-bond acceptors (Lipinski definition) is 5. The van der Waals surface area contributed by atoms with Gasteiger partial charge in [-0.2, -0.15) is 0 Å². The van der Waals surface area contributed by atoms with E-state index in [9.17, 15) is 4.79 Å². The molecular formula is C10H14N4O2. The highest BCUT2D eigenvalue weighted by Crippen LogP contribution is 2.19. The first-order chi connectivity index (χ1) is 7.66. The maximum absolute atomic E-state index is 10.6. The average Bonchev–Trinajstić information content (AvgIpc) is 2.64. The summed E-state index contributed by atoms with van der Waals surface area (Å²) in [6, 6.07) is 2.12. The maximum atomic E-state index is 10.6. The van der Waals surface area contributed by atoms with Gasteiger partial charge in [0.15, 0.2) is 0 Å². The van der Waals surface area contributed by atoms with Crippen molar-refractivity contribution in [2.75, 3.05) is 6.54 Å². The van der Waals surface area contributed by atoms with E-state index in [0.717, 1.165) is 12.2 Å². The Morgan fingerprint density at radius 2 is 2.50 bits per heavy atom. The van der Waals surface area contributed by atoms with E-state index in [2.05, 4.69) is 27.7 Å². The maximum Gasteiger partial charge on any atom is 0.311 e. The summed E-state index contributed by atoms with van der Waals surface area (Å²) in [6.45, 7) is 2.86. The molecule has 1 saturated heterocycles. The van der Waals surface area contributed by atoms with Gasteiger partial charge in [-0.25, -0.2) is 9.97 Å². The molecule has 1 aromatic rings. The van der Waals surface area contributed by atoms with Gasteiger partial charge < -0.3 is 5.11 Å². The Bertz CT molecular complexity index is 396. The number of carboxylic acid groups (broad SMARTS) is 1. The zero-order chi connectivity index (χ0) is 11.5. The molecule has 2 heterocycles. The van der Waals surface area contributed by atoms with Crippen molar-refractivity contribution in [2.24, 2.45) is 0 Å². The normalized spacial score (nSPS) is 24.6. The van der Waals surface area contributed by atoms with Crippen molar-refractivity contribution in [3.63, 3.8) is 0 Å². The lowest BCUT2D eigenvalue weighted by Gasteiger charge is -2.13. The van der Waals surface area contributed by atoms with Crippen molar-refractivity contribution >= 4 is 5.97 Å². The molecule has 1 aromatic heterocycles. The molecule has 1 aliphatic rings. The predicted molar refractivity (Wildman–Crippen MR) is 56.7 cm³/mol. The van der Waals surface area contributed by atoms with Gasteiger partial charge in [0.25, 0.3) is 0 Å². The van der Waals surface area contributed by atoms with Gasteiger partial charge in [0.05, 0.1) is 5.69 Å². The number of aromatic nitrogens is 2. The third-order valence-electron chi connectivity index (χ3n) is 2.67. The summed E-state index contributed by atoms with van der Waals surface area (Å²) in [7, 11) is 0. The number of rotatable bonds is 3. The molecule has 1 aliphatic heterocycles. The minimum Gasteiger partial charge on any atom is -0.481 e. The van der Waals surface area contributed by atoms with Crippen LogP contribution in [0.15, 0.2) is 12.3 Å². The molecule has 3 N–H and O–H groups in total. The topological polar surface area (TPSA) is 87.1 Å². The molecule has 0 bridgehead atoms. The van der Waals surface area contributed by atoms with Gasteiger partial charge in [-0.15, -0.1) is 0 Å². The van der Waals surface area contributed by atoms with Crippen LogP contribution >= 0.6 is 0 Å². The van der Waals surface area contributed by atoms with Crippen molar-refractivity contribution < 1.29 is 9.90 Å².